The lowest BCUT2D eigenvalue weighted by Gasteiger charge is -2.30. The highest BCUT2D eigenvalue weighted by Crippen LogP contribution is 2.41. The molecule has 146 valence electrons. The number of nitrogens with zero attached hydrogens (tertiary/aromatic N) is 2. The van der Waals surface area contributed by atoms with Crippen LogP contribution in [0.1, 0.15) is 5.56 Å². The van der Waals surface area contributed by atoms with Gasteiger partial charge in [0.2, 0.25) is 5.79 Å². The Kier molecular flexibility index (Phi) is 6.35. The molecule has 4 nitrogen and oxygen atoms in total. The lowest BCUT2D eigenvalue weighted by atomic mass is 10.1. The predicted octanol–water partition coefficient (Wildman–Crippen LogP) is 6.01. The van der Waals surface area contributed by atoms with Crippen molar-refractivity contribution in [3.8, 4) is 0 Å². The maximum atomic E-state index is 6.50. The molecule has 0 bridgehead atoms. The Morgan fingerprint density at radius 1 is 1.21 bits per heavy atom. The minimum atomic E-state index is -0.979. The van der Waals surface area contributed by atoms with E-state index in [1.54, 1.807) is 36.4 Å². The van der Waals surface area contributed by atoms with Crippen LogP contribution in [0.3, 0.4) is 0 Å². The van der Waals surface area contributed by atoms with Crippen molar-refractivity contribution in [3.63, 3.8) is 0 Å². The number of hydrogen-bond donors (Lipinski definition) is 0. The highest BCUT2D eigenvalue weighted by Gasteiger charge is 2.45. The SMILES string of the molecule is Clc1ccc(C2(Cn3ccnc3)OCC(CSc3ccc(Br)cc3)O2)c(Cl)c1. The maximum Gasteiger partial charge on any atom is 0.215 e. The van der Waals surface area contributed by atoms with Crippen LogP contribution in [0.5, 0.6) is 0 Å². The molecule has 1 aliphatic heterocycles. The van der Waals surface area contributed by atoms with Crippen molar-refractivity contribution < 1.29 is 9.47 Å². The zero-order valence-electron chi connectivity index (χ0n) is 14.7. The molecule has 2 atom stereocenters. The van der Waals surface area contributed by atoms with Crippen LogP contribution in [-0.4, -0.2) is 28.0 Å². The maximum absolute atomic E-state index is 6.50. The third kappa shape index (κ3) is 4.58. The molecule has 3 aromatic rings. The molecule has 2 unspecified atom stereocenters. The van der Waals surface area contributed by atoms with Gasteiger partial charge in [0.05, 0.1) is 30.6 Å². The number of imidazole rings is 1. The summed E-state index contributed by atoms with van der Waals surface area (Å²) in [5.41, 5.74) is 0.767. The normalized spacial score (nSPS) is 21.9. The topological polar surface area (TPSA) is 36.3 Å². The van der Waals surface area contributed by atoms with Crippen molar-refractivity contribution in [3.05, 3.63) is 81.3 Å². The van der Waals surface area contributed by atoms with Crippen LogP contribution < -0.4 is 0 Å². The monoisotopic (exact) mass is 498 g/mol. The molecule has 0 N–H and O–H groups in total. The summed E-state index contributed by atoms with van der Waals surface area (Å²) >= 11 is 17.8. The minimum Gasteiger partial charge on any atom is -0.342 e. The first-order valence-corrected chi connectivity index (χ1v) is 11.2. The molecule has 0 amide bonds. The van der Waals surface area contributed by atoms with Crippen LogP contribution >= 0.6 is 50.9 Å². The molecule has 4 rings (SSSR count). The van der Waals surface area contributed by atoms with Gasteiger partial charge in [-0.25, -0.2) is 4.98 Å². The van der Waals surface area contributed by atoms with Crippen LogP contribution in [0.25, 0.3) is 0 Å². The fourth-order valence-electron chi connectivity index (χ4n) is 3.10. The van der Waals surface area contributed by atoms with Gasteiger partial charge in [-0.15, -0.1) is 11.8 Å². The van der Waals surface area contributed by atoms with Crippen molar-refractivity contribution >= 4 is 50.9 Å². The quantitative estimate of drug-likeness (QED) is 0.389. The van der Waals surface area contributed by atoms with E-state index in [9.17, 15) is 0 Å². The zero-order valence-corrected chi connectivity index (χ0v) is 18.6. The van der Waals surface area contributed by atoms with Crippen molar-refractivity contribution in [1.29, 1.82) is 0 Å². The van der Waals surface area contributed by atoms with Crippen molar-refractivity contribution in [2.45, 2.75) is 23.3 Å². The Balaban J connectivity index is 1.54. The average Bonchev–Trinajstić information content (AvgIpc) is 3.32. The molecular formula is C20H17BrCl2N2O2S. The summed E-state index contributed by atoms with van der Waals surface area (Å²) in [6, 6.07) is 13.6. The molecule has 1 fully saturated rings. The van der Waals surface area contributed by atoms with Crippen LogP contribution in [0.15, 0.2) is 70.6 Å². The van der Waals surface area contributed by atoms with Gasteiger partial charge >= 0.3 is 0 Å². The van der Waals surface area contributed by atoms with E-state index in [0.29, 0.717) is 23.2 Å². The van der Waals surface area contributed by atoms with Crippen LogP contribution in [0.4, 0.5) is 0 Å². The standard InChI is InChI=1S/C20H17BrCl2N2O2S/c21-14-1-4-17(5-2-14)28-11-16-10-26-20(27-16,12-25-8-7-24-13-25)18-6-3-15(22)9-19(18)23/h1-9,13,16H,10-12H2. The first-order chi connectivity index (χ1) is 13.5. The van der Waals surface area contributed by atoms with Crippen molar-refractivity contribution in [1.82, 2.24) is 9.55 Å². The second-order valence-electron chi connectivity index (χ2n) is 6.43. The Labute approximate surface area is 186 Å². The summed E-state index contributed by atoms with van der Waals surface area (Å²) in [4.78, 5) is 5.30. The molecule has 1 saturated heterocycles. The number of hydrogen-bond acceptors (Lipinski definition) is 4. The number of ether oxygens (including phenoxy) is 2. The molecule has 2 heterocycles. The van der Waals surface area contributed by atoms with Gasteiger partial charge < -0.3 is 14.0 Å². The number of aromatic nitrogens is 2. The van der Waals surface area contributed by atoms with Crippen LogP contribution in [0.2, 0.25) is 10.0 Å². The Bertz CT molecular complexity index is 940. The van der Waals surface area contributed by atoms with Crippen LogP contribution in [0, 0.1) is 0 Å². The summed E-state index contributed by atoms with van der Waals surface area (Å²) in [7, 11) is 0. The Morgan fingerprint density at radius 3 is 2.75 bits per heavy atom. The van der Waals surface area contributed by atoms with Gasteiger partial charge in [0.15, 0.2) is 0 Å². The van der Waals surface area contributed by atoms with Gasteiger partial charge in [-0.2, -0.15) is 0 Å². The van der Waals surface area contributed by atoms with Gasteiger partial charge in [0.1, 0.15) is 0 Å². The lowest BCUT2D eigenvalue weighted by molar-refractivity contribution is -0.184. The third-order valence-corrected chi connectivity index (χ3v) is 6.62. The van der Waals surface area contributed by atoms with Crippen LogP contribution in [-0.2, 0) is 21.8 Å². The molecule has 0 aliphatic carbocycles. The molecule has 2 aromatic carbocycles. The van der Waals surface area contributed by atoms with E-state index in [4.69, 9.17) is 32.7 Å². The Hall–Kier alpha value is -1.02. The van der Waals surface area contributed by atoms with Crippen molar-refractivity contribution in [2.75, 3.05) is 12.4 Å². The first kappa shape index (κ1) is 20.3. The predicted molar refractivity (Wildman–Crippen MR) is 116 cm³/mol. The van der Waals surface area contributed by atoms with E-state index in [1.165, 1.54) is 4.90 Å². The van der Waals surface area contributed by atoms with Gasteiger partial charge in [-0.3, -0.25) is 0 Å². The molecule has 0 saturated carbocycles. The molecule has 1 aromatic heterocycles. The molecule has 0 radical (unpaired) electrons. The highest BCUT2D eigenvalue weighted by molar-refractivity contribution is 9.10. The Morgan fingerprint density at radius 2 is 2.04 bits per heavy atom. The second kappa shape index (κ2) is 8.78. The molecule has 1 aliphatic rings. The largest absolute Gasteiger partial charge is 0.342 e. The highest BCUT2D eigenvalue weighted by atomic mass is 79.9. The van der Waals surface area contributed by atoms with E-state index in [-0.39, 0.29) is 6.10 Å². The summed E-state index contributed by atoms with van der Waals surface area (Å²) in [6.45, 7) is 0.935. The van der Waals surface area contributed by atoms with Crippen molar-refractivity contribution in [2.24, 2.45) is 0 Å². The van der Waals surface area contributed by atoms with E-state index in [0.717, 1.165) is 15.8 Å². The van der Waals surface area contributed by atoms with Gasteiger partial charge in [0, 0.05) is 38.1 Å². The van der Waals surface area contributed by atoms with E-state index < -0.39 is 5.79 Å². The number of thioether (sulfide) groups is 1. The number of benzene rings is 2. The third-order valence-electron chi connectivity index (χ3n) is 4.40. The number of halogens is 3. The second-order valence-corrected chi connectivity index (χ2v) is 9.28. The average molecular weight is 500 g/mol. The first-order valence-electron chi connectivity index (χ1n) is 8.65. The van der Waals surface area contributed by atoms with E-state index in [1.807, 2.05) is 29.0 Å². The van der Waals surface area contributed by atoms with Gasteiger partial charge in [0.25, 0.3) is 0 Å². The smallest absolute Gasteiger partial charge is 0.215 e. The summed E-state index contributed by atoms with van der Waals surface area (Å²) < 4.78 is 15.7. The molecule has 0 spiro atoms. The zero-order chi connectivity index (χ0) is 19.6. The fourth-order valence-corrected chi connectivity index (χ4v) is 4.78. The molecule has 28 heavy (non-hydrogen) atoms. The molecule has 8 heteroatoms. The van der Waals surface area contributed by atoms with E-state index in [2.05, 4.69) is 33.0 Å². The van der Waals surface area contributed by atoms with E-state index >= 15 is 0 Å². The lowest BCUT2D eigenvalue weighted by Crippen LogP contribution is -2.34. The van der Waals surface area contributed by atoms with Gasteiger partial charge in [-0.05, 0) is 36.4 Å². The molecular weight excluding hydrogens is 483 g/mol. The van der Waals surface area contributed by atoms with Gasteiger partial charge in [-0.1, -0.05) is 45.2 Å². The minimum absolute atomic E-state index is 0.0658. The fraction of sp³-hybridized carbons (Fsp3) is 0.250. The summed E-state index contributed by atoms with van der Waals surface area (Å²) in [5.74, 6) is -0.203. The number of rotatable bonds is 6. The summed E-state index contributed by atoms with van der Waals surface area (Å²) in [5, 5.41) is 1.10. The summed E-state index contributed by atoms with van der Waals surface area (Å²) in [6.07, 6.45) is 5.28.